The lowest BCUT2D eigenvalue weighted by Gasteiger charge is -2.27. The maximum absolute atomic E-state index is 12.0. The Morgan fingerprint density at radius 1 is 1.13 bits per heavy atom. The number of benzene rings is 2. The number of rotatable bonds is 11. The van der Waals surface area contributed by atoms with Crippen LogP contribution in [0.25, 0.3) is 10.9 Å². The minimum atomic E-state index is -1.11. The molecule has 204 valence electrons. The van der Waals surface area contributed by atoms with Gasteiger partial charge in [0.15, 0.2) is 0 Å². The number of amides is 1. The molecule has 3 N–H and O–H groups in total. The Bertz CT molecular complexity index is 1290. The normalized spacial score (nSPS) is 15.4. The van der Waals surface area contributed by atoms with Crippen LogP contribution in [0.2, 0.25) is 0 Å². The van der Waals surface area contributed by atoms with E-state index in [0.29, 0.717) is 33.5 Å². The van der Waals surface area contributed by atoms with Gasteiger partial charge in [0.2, 0.25) is 5.91 Å². The van der Waals surface area contributed by atoms with Crippen molar-refractivity contribution in [3.63, 3.8) is 0 Å². The molecule has 2 atom stereocenters. The van der Waals surface area contributed by atoms with Gasteiger partial charge in [0.25, 0.3) is 0 Å². The summed E-state index contributed by atoms with van der Waals surface area (Å²) in [6.45, 7) is 3.70. The molecule has 0 spiro atoms. The van der Waals surface area contributed by atoms with E-state index in [1.807, 2.05) is 6.92 Å². The quantitative estimate of drug-likeness (QED) is 0.345. The minimum absolute atomic E-state index is 0.0210. The van der Waals surface area contributed by atoms with Gasteiger partial charge in [0, 0.05) is 30.6 Å². The molecule has 1 aliphatic carbocycles. The number of aliphatic hydroxyl groups excluding tert-OH is 1. The number of hydrogen-bond acceptors (Lipinski definition) is 7. The number of nitrogens with zero attached hydrogens (tertiary/aromatic N) is 2. The first-order chi connectivity index (χ1) is 18.2. The summed E-state index contributed by atoms with van der Waals surface area (Å²) in [5.74, 6) is -0.119. The SMILES string of the molecule is COc1cc(C(O)C(Cn2cc3cc(CNC(C)=O)cc(C(=O)O)c3n2)OC2CCCC2)cc(OC)c1C. The van der Waals surface area contributed by atoms with Crippen LogP contribution in [0.15, 0.2) is 30.5 Å². The van der Waals surface area contributed by atoms with E-state index >= 15 is 0 Å². The number of carbonyl (C=O) groups excluding carboxylic acids is 1. The van der Waals surface area contributed by atoms with E-state index in [4.69, 9.17) is 14.2 Å². The highest BCUT2D eigenvalue weighted by atomic mass is 16.5. The lowest BCUT2D eigenvalue weighted by molar-refractivity contribution is -0.119. The zero-order valence-electron chi connectivity index (χ0n) is 22.2. The summed E-state index contributed by atoms with van der Waals surface area (Å²) in [6.07, 6.45) is 4.08. The molecule has 10 nitrogen and oxygen atoms in total. The maximum Gasteiger partial charge on any atom is 0.337 e. The summed E-state index contributed by atoms with van der Waals surface area (Å²) < 4.78 is 19.0. The Morgan fingerprint density at radius 2 is 1.79 bits per heavy atom. The molecule has 38 heavy (non-hydrogen) atoms. The predicted molar refractivity (Wildman–Crippen MR) is 141 cm³/mol. The van der Waals surface area contributed by atoms with Crippen LogP contribution in [0, 0.1) is 6.92 Å². The van der Waals surface area contributed by atoms with E-state index < -0.39 is 18.2 Å². The number of fused-ring (bicyclic) bond motifs is 1. The fraction of sp³-hybridized carbons (Fsp3) is 0.464. The van der Waals surface area contributed by atoms with E-state index in [1.165, 1.54) is 13.0 Å². The lowest BCUT2D eigenvalue weighted by Crippen LogP contribution is -2.31. The first-order valence-electron chi connectivity index (χ1n) is 12.7. The zero-order valence-corrected chi connectivity index (χ0v) is 22.2. The van der Waals surface area contributed by atoms with Gasteiger partial charge in [-0.2, -0.15) is 5.10 Å². The van der Waals surface area contributed by atoms with Crippen LogP contribution in [0.3, 0.4) is 0 Å². The Kier molecular flexibility index (Phi) is 8.53. The predicted octanol–water partition coefficient (Wildman–Crippen LogP) is 3.76. The van der Waals surface area contributed by atoms with Gasteiger partial charge in [-0.05, 0) is 55.2 Å². The molecule has 2 aromatic carbocycles. The smallest absolute Gasteiger partial charge is 0.337 e. The van der Waals surface area contributed by atoms with Crippen LogP contribution in [-0.2, 0) is 22.6 Å². The number of nitrogens with one attached hydrogen (secondary N) is 1. The van der Waals surface area contributed by atoms with Crippen molar-refractivity contribution in [3.8, 4) is 11.5 Å². The van der Waals surface area contributed by atoms with Crippen molar-refractivity contribution in [3.05, 3.63) is 52.7 Å². The van der Waals surface area contributed by atoms with Crippen molar-refractivity contribution < 1.29 is 34.0 Å². The Hall–Kier alpha value is -3.63. The Morgan fingerprint density at radius 3 is 2.37 bits per heavy atom. The molecule has 3 aromatic rings. The summed E-state index contributed by atoms with van der Waals surface area (Å²) in [6, 6.07) is 6.89. The van der Waals surface area contributed by atoms with Crippen LogP contribution in [-0.4, -0.2) is 58.3 Å². The fourth-order valence-corrected chi connectivity index (χ4v) is 5.00. The minimum Gasteiger partial charge on any atom is -0.496 e. The van der Waals surface area contributed by atoms with Crippen LogP contribution >= 0.6 is 0 Å². The van der Waals surface area contributed by atoms with Crippen molar-refractivity contribution in [2.75, 3.05) is 14.2 Å². The van der Waals surface area contributed by atoms with E-state index in [-0.39, 0.29) is 30.7 Å². The van der Waals surface area contributed by atoms with Gasteiger partial charge in [0.1, 0.15) is 29.2 Å². The molecule has 1 heterocycles. The van der Waals surface area contributed by atoms with Crippen molar-refractivity contribution in [1.29, 1.82) is 0 Å². The first kappa shape index (κ1) is 27.4. The molecule has 1 amide bonds. The van der Waals surface area contributed by atoms with Gasteiger partial charge >= 0.3 is 5.97 Å². The molecular weight excluding hydrogens is 490 g/mol. The number of carboxylic acid groups (broad SMARTS) is 1. The third-order valence-corrected chi connectivity index (χ3v) is 6.99. The number of aliphatic hydroxyl groups is 1. The summed E-state index contributed by atoms with van der Waals surface area (Å²) in [5, 5.41) is 29.2. The molecule has 2 unspecified atom stereocenters. The number of ether oxygens (including phenoxy) is 3. The molecule has 0 bridgehead atoms. The second-order valence-electron chi connectivity index (χ2n) is 9.72. The van der Waals surface area contributed by atoms with Crippen LogP contribution in [0.5, 0.6) is 11.5 Å². The topological polar surface area (TPSA) is 132 Å². The Balaban J connectivity index is 1.69. The van der Waals surface area contributed by atoms with Gasteiger partial charge in [-0.1, -0.05) is 12.8 Å². The van der Waals surface area contributed by atoms with Gasteiger partial charge in [-0.15, -0.1) is 0 Å². The van der Waals surface area contributed by atoms with E-state index in [1.54, 1.807) is 43.3 Å². The van der Waals surface area contributed by atoms with E-state index in [2.05, 4.69) is 10.4 Å². The van der Waals surface area contributed by atoms with Gasteiger partial charge < -0.3 is 29.7 Å². The summed E-state index contributed by atoms with van der Waals surface area (Å²) in [4.78, 5) is 23.3. The monoisotopic (exact) mass is 525 g/mol. The number of methoxy groups -OCH3 is 2. The van der Waals surface area contributed by atoms with Crippen molar-refractivity contribution >= 4 is 22.8 Å². The van der Waals surface area contributed by atoms with Crippen molar-refractivity contribution in [2.24, 2.45) is 0 Å². The lowest BCUT2D eigenvalue weighted by atomic mass is 10.0. The number of hydrogen-bond donors (Lipinski definition) is 3. The van der Waals surface area contributed by atoms with Gasteiger partial charge in [-0.25, -0.2) is 4.79 Å². The molecule has 1 aliphatic rings. The molecule has 0 aliphatic heterocycles. The van der Waals surface area contributed by atoms with Crippen LogP contribution in [0.1, 0.15) is 65.8 Å². The molecule has 10 heteroatoms. The number of carbonyl (C=O) groups is 2. The third-order valence-electron chi connectivity index (χ3n) is 6.99. The van der Waals surface area contributed by atoms with Crippen LogP contribution in [0.4, 0.5) is 0 Å². The van der Waals surface area contributed by atoms with Gasteiger partial charge in [-0.3, -0.25) is 9.48 Å². The van der Waals surface area contributed by atoms with E-state index in [9.17, 15) is 19.8 Å². The maximum atomic E-state index is 12.0. The van der Waals surface area contributed by atoms with Crippen molar-refractivity contribution in [2.45, 2.75) is 70.9 Å². The van der Waals surface area contributed by atoms with Crippen LogP contribution < -0.4 is 14.8 Å². The second kappa shape index (κ2) is 11.8. The Labute approximate surface area is 221 Å². The summed E-state index contributed by atoms with van der Waals surface area (Å²) in [7, 11) is 3.14. The standard InChI is InChI=1S/C28H35N3O7/c1-16-23(36-3)11-19(12-24(16)37-4)27(33)25(38-21-7-5-6-8-21)15-31-14-20-9-18(13-29-17(2)32)10-22(28(34)35)26(20)30-31/h9-12,14,21,25,27,33H,5-8,13,15H2,1-4H3,(H,29,32)(H,34,35). The fourth-order valence-electron chi connectivity index (χ4n) is 5.00. The first-order valence-corrected chi connectivity index (χ1v) is 12.7. The molecule has 1 aromatic heterocycles. The van der Waals surface area contributed by atoms with E-state index in [0.717, 1.165) is 31.2 Å². The molecule has 4 rings (SSSR count). The highest BCUT2D eigenvalue weighted by molar-refractivity contribution is 6.02. The molecule has 1 fully saturated rings. The number of aromatic nitrogens is 2. The number of carboxylic acids is 1. The zero-order chi connectivity index (χ0) is 27.4. The summed E-state index contributed by atoms with van der Waals surface area (Å²) in [5.41, 5.74) is 2.45. The highest BCUT2D eigenvalue weighted by Crippen LogP contribution is 2.35. The molecular formula is C28H35N3O7. The summed E-state index contributed by atoms with van der Waals surface area (Å²) >= 11 is 0. The highest BCUT2D eigenvalue weighted by Gasteiger charge is 2.29. The third kappa shape index (κ3) is 6.08. The number of aromatic carboxylic acids is 1. The molecule has 0 saturated heterocycles. The largest absolute Gasteiger partial charge is 0.496 e. The molecule has 0 radical (unpaired) electrons. The second-order valence-corrected chi connectivity index (χ2v) is 9.72. The molecule has 1 saturated carbocycles. The average molecular weight is 526 g/mol. The van der Waals surface area contributed by atoms with Crippen molar-refractivity contribution in [1.82, 2.24) is 15.1 Å². The van der Waals surface area contributed by atoms with Gasteiger partial charge in [0.05, 0.1) is 32.4 Å². The average Bonchev–Trinajstić information content (AvgIpc) is 3.55.